The Bertz CT molecular complexity index is 466. The summed E-state index contributed by atoms with van der Waals surface area (Å²) in [6.45, 7) is 10.3. The number of esters is 3. The molecule has 0 aliphatic carbocycles. The first-order valence-electron chi connectivity index (χ1n) is 7.63. The summed E-state index contributed by atoms with van der Waals surface area (Å²) in [6.07, 6.45) is 0.200. The second-order valence-electron chi connectivity index (χ2n) is 6.72. The number of carbonyl (C=O) groups excluding carboxylic acids is 3. The molecule has 8 heteroatoms. The lowest BCUT2D eigenvalue weighted by molar-refractivity contribution is -0.158. The number of alkyl halides is 2. The van der Waals surface area contributed by atoms with E-state index in [0.717, 1.165) is 0 Å². The van der Waals surface area contributed by atoms with Crippen molar-refractivity contribution in [3.63, 3.8) is 0 Å². The summed E-state index contributed by atoms with van der Waals surface area (Å²) in [5.74, 6) is -1.35. The second kappa shape index (κ2) is 9.17. The SMILES string of the molecule is CCOC(=O)C(C)(C)CC(C)(Br)C(=O)OCCOC(=O)C(C)(C)Br. The van der Waals surface area contributed by atoms with Gasteiger partial charge in [-0.15, -0.1) is 0 Å². The van der Waals surface area contributed by atoms with Crippen molar-refractivity contribution in [2.75, 3.05) is 19.8 Å². The van der Waals surface area contributed by atoms with Gasteiger partial charge in [0.2, 0.25) is 0 Å². The summed E-state index contributed by atoms with van der Waals surface area (Å²) in [7, 11) is 0. The van der Waals surface area contributed by atoms with E-state index in [9.17, 15) is 14.4 Å². The topological polar surface area (TPSA) is 78.9 Å². The Morgan fingerprint density at radius 3 is 1.67 bits per heavy atom. The first-order valence-corrected chi connectivity index (χ1v) is 9.22. The zero-order chi connectivity index (χ0) is 19.2. The number of halogens is 2. The van der Waals surface area contributed by atoms with Crippen molar-refractivity contribution in [1.29, 1.82) is 0 Å². The Morgan fingerprint density at radius 1 is 0.792 bits per heavy atom. The molecule has 0 aromatic carbocycles. The van der Waals surface area contributed by atoms with Crippen molar-refractivity contribution in [1.82, 2.24) is 0 Å². The van der Waals surface area contributed by atoms with E-state index < -0.39 is 26.0 Å². The van der Waals surface area contributed by atoms with Crippen LogP contribution in [-0.2, 0) is 28.6 Å². The van der Waals surface area contributed by atoms with E-state index in [1.807, 2.05) is 0 Å². The van der Waals surface area contributed by atoms with Gasteiger partial charge in [-0.2, -0.15) is 0 Å². The average Bonchev–Trinajstić information content (AvgIpc) is 2.40. The fourth-order valence-electron chi connectivity index (χ4n) is 1.89. The first-order chi connectivity index (χ1) is 10.7. The van der Waals surface area contributed by atoms with Crippen molar-refractivity contribution in [2.45, 2.75) is 56.6 Å². The smallest absolute Gasteiger partial charge is 0.322 e. The maximum absolute atomic E-state index is 12.2. The molecule has 0 aromatic heterocycles. The monoisotopic (exact) mass is 472 g/mol. The van der Waals surface area contributed by atoms with Gasteiger partial charge in [0.1, 0.15) is 21.9 Å². The van der Waals surface area contributed by atoms with Gasteiger partial charge < -0.3 is 14.2 Å². The first kappa shape index (κ1) is 23.4. The normalized spacial score (nSPS) is 14.5. The summed E-state index contributed by atoms with van der Waals surface area (Å²) >= 11 is 6.50. The van der Waals surface area contributed by atoms with Gasteiger partial charge in [-0.05, 0) is 48.0 Å². The molecular weight excluding hydrogens is 448 g/mol. The van der Waals surface area contributed by atoms with Crippen LogP contribution in [0.3, 0.4) is 0 Å². The fourth-order valence-corrected chi connectivity index (χ4v) is 2.82. The van der Waals surface area contributed by atoms with Gasteiger partial charge in [0.15, 0.2) is 0 Å². The standard InChI is InChI=1S/C16H26Br2O6/c1-7-22-11(19)14(2,3)10-16(6,18)13(21)24-9-8-23-12(20)15(4,5)17/h7-10H2,1-6H3. The molecule has 0 bridgehead atoms. The second-order valence-corrected chi connectivity index (χ2v) is 10.5. The summed E-state index contributed by atoms with van der Waals surface area (Å²) in [6, 6.07) is 0. The predicted molar refractivity (Wildman–Crippen MR) is 97.3 cm³/mol. The van der Waals surface area contributed by atoms with Crippen LogP contribution >= 0.6 is 31.9 Å². The maximum atomic E-state index is 12.2. The largest absolute Gasteiger partial charge is 0.466 e. The van der Waals surface area contributed by atoms with Crippen LogP contribution in [0, 0.1) is 5.41 Å². The van der Waals surface area contributed by atoms with Crippen LogP contribution in [0.1, 0.15) is 48.0 Å². The van der Waals surface area contributed by atoms with Crippen molar-refractivity contribution in [3.05, 3.63) is 0 Å². The zero-order valence-corrected chi connectivity index (χ0v) is 18.2. The molecule has 0 aliphatic heterocycles. The molecule has 0 fully saturated rings. The third kappa shape index (κ3) is 7.96. The van der Waals surface area contributed by atoms with Crippen LogP contribution < -0.4 is 0 Å². The van der Waals surface area contributed by atoms with Crippen LogP contribution in [0.15, 0.2) is 0 Å². The van der Waals surface area contributed by atoms with Crippen molar-refractivity contribution >= 4 is 49.8 Å². The Labute approximate surface area is 160 Å². The van der Waals surface area contributed by atoms with Gasteiger partial charge in [0.05, 0.1) is 12.0 Å². The lowest BCUT2D eigenvalue weighted by atomic mass is 9.83. The van der Waals surface area contributed by atoms with Gasteiger partial charge in [-0.25, -0.2) is 0 Å². The van der Waals surface area contributed by atoms with E-state index in [1.54, 1.807) is 41.5 Å². The Hall–Kier alpha value is -0.630. The average molecular weight is 474 g/mol. The van der Waals surface area contributed by atoms with E-state index in [-0.39, 0.29) is 32.2 Å². The Kier molecular flexibility index (Phi) is 8.93. The molecule has 6 nitrogen and oxygen atoms in total. The van der Waals surface area contributed by atoms with Gasteiger partial charge in [-0.3, -0.25) is 14.4 Å². The van der Waals surface area contributed by atoms with Gasteiger partial charge in [-0.1, -0.05) is 31.9 Å². The molecule has 0 radical (unpaired) electrons. The molecule has 0 saturated carbocycles. The molecule has 0 rings (SSSR count). The number of rotatable bonds is 9. The summed E-state index contributed by atoms with van der Waals surface area (Å²) in [5.41, 5.74) is -0.847. The van der Waals surface area contributed by atoms with Crippen LogP contribution in [0.5, 0.6) is 0 Å². The van der Waals surface area contributed by atoms with Crippen molar-refractivity contribution in [3.8, 4) is 0 Å². The van der Waals surface area contributed by atoms with E-state index in [4.69, 9.17) is 14.2 Å². The van der Waals surface area contributed by atoms with Crippen LogP contribution in [0.4, 0.5) is 0 Å². The molecule has 0 N–H and O–H groups in total. The fraction of sp³-hybridized carbons (Fsp3) is 0.812. The molecule has 140 valence electrons. The minimum absolute atomic E-state index is 0.0377. The molecule has 0 amide bonds. The predicted octanol–water partition coefficient (Wildman–Crippen LogP) is 3.38. The highest BCUT2D eigenvalue weighted by molar-refractivity contribution is 9.10. The summed E-state index contributed by atoms with van der Waals surface area (Å²) < 4.78 is 13.3. The summed E-state index contributed by atoms with van der Waals surface area (Å²) in [4.78, 5) is 35.7. The van der Waals surface area contributed by atoms with Crippen LogP contribution in [-0.4, -0.2) is 46.4 Å². The minimum Gasteiger partial charge on any atom is -0.466 e. The third-order valence-electron chi connectivity index (χ3n) is 3.06. The molecule has 0 spiro atoms. The molecule has 0 heterocycles. The highest BCUT2D eigenvalue weighted by atomic mass is 79.9. The van der Waals surface area contributed by atoms with E-state index in [1.165, 1.54) is 0 Å². The highest BCUT2D eigenvalue weighted by Crippen LogP contribution is 2.35. The number of carbonyl (C=O) groups is 3. The number of hydrogen-bond donors (Lipinski definition) is 0. The Balaban J connectivity index is 4.48. The molecular formula is C16H26Br2O6. The van der Waals surface area contributed by atoms with Crippen molar-refractivity contribution in [2.24, 2.45) is 5.41 Å². The van der Waals surface area contributed by atoms with E-state index in [2.05, 4.69) is 31.9 Å². The van der Waals surface area contributed by atoms with Gasteiger partial charge >= 0.3 is 17.9 Å². The minimum atomic E-state index is -1.05. The number of hydrogen-bond acceptors (Lipinski definition) is 6. The van der Waals surface area contributed by atoms with E-state index >= 15 is 0 Å². The molecule has 1 atom stereocenters. The Morgan fingerprint density at radius 2 is 1.25 bits per heavy atom. The number of ether oxygens (including phenoxy) is 3. The molecule has 0 aliphatic rings. The summed E-state index contributed by atoms with van der Waals surface area (Å²) in [5, 5.41) is 0. The molecule has 1 unspecified atom stereocenters. The van der Waals surface area contributed by atoms with Gasteiger partial charge in [0, 0.05) is 0 Å². The maximum Gasteiger partial charge on any atom is 0.322 e. The lowest BCUT2D eigenvalue weighted by Gasteiger charge is -2.30. The zero-order valence-electron chi connectivity index (χ0n) is 15.0. The molecule has 0 saturated heterocycles. The molecule has 24 heavy (non-hydrogen) atoms. The van der Waals surface area contributed by atoms with E-state index in [0.29, 0.717) is 0 Å². The molecule has 0 aromatic rings. The van der Waals surface area contributed by atoms with Crippen molar-refractivity contribution < 1.29 is 28.6 Å². The van der Waals surface area contributed by atoms with Crippen LogP contribution in [0.2, 0.25) is 0 Å². The third-order valence-corrected chi connectivity index (χ3v) is 3.99. The highest BCUT2D eigenvalue weighted by Gasteiger charge is 2.42. The quantitative estimate of drug-likeness (QED) is 0.221. The van der Waals surface area contributed by atoms with Gasteiger partial charge in [0.25, 0.3) is 0 Å². The lowest BCUT2D eigenvalue weighted by Crippen LogP contribution is -2.40. The van der Waals surface area contributed by atoms with Crippen LogP contribution in [0.25, 0.3) is 0 Å².